The molecular formula is C28H21NS. The Morgan fingerprint density at radius 3 is 2.17 bits per heavy atom. The average molecular weight is 404 g/mol. The quantitative estimate of drug-likeness (QED) is 0.275. The van der Waals surface area contributed by atoms with E-state index in [1.54, 1.807) is 0 Å². The van der Waals surface area contributed by atoms with Crippen molar-refractivity contribution in [1.82, 2.24) is 4.57 Å². The minimum Gasteiger partial charge on any atom is -0.343 e. The maximum Gasteiger partial charge on any atom is 0.0568 e. The number of nitrogens with zero attached hydrogens (tertiary/aromatic N) is 1. The predicted octanol–water partition coefficient (Wildman–Crippen LogP) is 8.19. The Morgan fingerprint density at radius 2 is 1.33 bits per heavy atom. The summed E-state index contributed by atoms with van der Waals surface area (Å²) >= 11 is 1.86. The molecule has 0 fully saturated rings. The van der Waals surface area contributed by atoms with Gasteiger partial charge in [0.2, 0.25) is 0 Å². The van der Waals surface area contributed by atoms with Crippen LogP contribution in [0.5, 0.6) is 0 Å². The first-order chi connectivity index (χ1) is 14.7. The van der Waals surface area contributed by atoms with E-state index in [-0.39, 0.29) is 0 Å². The molecule has 0 saturated carbocycles. The van der Waals surface area contributed by atoms with Crippen molar-refractivity contribution in [2.24, 2.45) is 7.05 Å². The van der Waals surface area contributed by atoms with Gasteiger partial charge in [-0.2, -0.15) is 0 Å². The first kappa shape index (κ1) is 17.5. The summed E-state index contributed by atoms with van der Waals surface area (Å²) < 4.78 is 2.33. The van der Waals surface area contributed by atoms with E-state index >= 15 is 0 Å². The summed E-state index contributed by atoms with van der Waals surface area (Å²) in [6.07, 6.45) is 0. The molecule has 6 rings (SSSR count). The molecule has 4 aromatic carbocycles. The zero-order valence-corrected chi connectivity index (χ0v) is 17.8. The van der Waals surface area contributed by atoms with Crippen LogP contribution in [-0.2, 0) is 7.05 Å². The van der Waals surface area contributed by atoms with Crippen molar-refractivity contribution in [2.45, 2.75) is 6.92 Å². The molecule has 0 aliphatic carbocycles. The van der Waals surface area contributed by atoms with Crippen LogP contribution in [0.2, 0.25) is 0 Å². The SMILES string of the molecule is Cc1ccc(-c2ccc(-c3ccc4c(ccc5c6ccccc6n(C)c45)c3)s2)cc1. The summed E-state index contributed by atoms with van der Waals surface area (Å²) in [5.74, 6) is 0. The molecule has 6 aromatic rings. The van der Waals surface area contributed by atoms with E-state index in [9.17, 15) is 0 Å². The Morgan fingerprint density at radius 1 is 0.633 bits per heavy atom. The van der Waals surface area contributed by atoms with Gasteiger partial charge in [0.25, 0.3) is 0 Å². The number of fused-ring (bicyclic) bond motifs is 5. The molecule has 2 aromatic heterocycles. The van der Waals surface area contributed by atoms with Crippen molar-refractivity contribution >= 4 is 43.9 Å². The molecule has 0 spiro atoms. The highest BCUT2D eigenvalue weighted by Crippen LogP contribution is 2.38. The number of hydrogen-bond acceptors (Lipinski definition) is 1. The van der Waals surface area contributed by atoms with Gasteiger partial charge < -0.3 is 4.57 Å². The Balaban J connectivity index is 1.49. The average Bonchev–Trinajstić information content (AvgIpc) is 3.38. The minimum absolute atomic E-state index is 1.28. The van der Waals surface area contributed by atoms with Crippen molar-refractivity contribution in [2.75, 3.05) is 0 Å². The summed E-state index contributed by atoms with van der Waals surface area (Å²) in [5, 5.41) is 5.24. The molecule has 0 radical (unpaired) electrons. The number of hydrogen-bond donors (Lipinski definition) is 0. The van der Waals surface area contributed by atoms with Crippen molar-refractivity contribution in [3.63, 3.8) is 0 Å². The Labute approximate surface area is 179 Å². The summed E-state index contributed by atoms with van der Waals surface area (Å²) in [4.78, 5) is 2.62. The van der Waals surface area contributed by atoms with Crippen LogP contribution in [0.15, 0.2) is 91.0 Å². The molecule has 0 N–H and O–H groups in total. The third kappa shape index (κ3) is 2.61. The highest BCUT2D eigenvalue weighted by Gasteiger charge is 2.12. The molecule has 144 valence electrons. The van der Waals surface area contributed by atoms with Gasteiger partial charge in [0.15, 0.2) is 0 Å². The fourth-order valence-electron chi connectivity index (χ4n) is 4.53. The number of thiophene rings is 1. The van der Waals surface area contributed by atoms with Gasteiger partial charge in [-0.15, -0.1) is 11.3 Å². The standard InChI is InChI=1S/C28H21NS/c1-18-7-9-19(10-8-18)26-15-16-27(30-26)21-12-13-22-20(17-21)11-14-24-23-5-3-4-6-25(23)29(2)28(22)24/h3-17H,1-2H3. The Hall–Kier alpha value is -3.36. The van der Waals surface area contributed by atoms with Gasteiger partial charge in [0.05, 0.1) is 5.52 Å². The predicted molar refractivity (Wildman–Crippen MR) is 131 cm³/mol. The van der Waals surface area contributed by atoms with Crippen LogP contribution >= 0.6 is 11.3 Å². The second-order valence-corrected chi connectivity index (χ2v) is 9.09. The highest BCUT2D eigenvalue weighted by atomic mass is 32.1. The van der Waals surface area contributed by atoms with Crippen LogP contribution in [0.4, 0.5) is 0 Å². The zero-order chi connectivity index (χ0) is 20.2. The zero-order valence-electron chi connectivity index (χ0n) is 17.0. The van der Waals surface area contributed by atoms with Gasteiger partial charge in [-0.25, -0.2) is 0 Å². The molecule has 0 amide bonds. The first-order valence-electron chi connectivity index (χ1n) is 10.3. The Kier molecular flexibility index (Phi) is 3.84. The lowest BCUT2D eigenvalue weighted by Crippen LogP contribution is -1.88. The number of rotatable bonds is 2. The molecule has 0 aliphatic heterocycles. The lowest BCUT2D eigenvalue weighted by molar-refractivity contribution is 1.02. The van der Waals surface area contributed by atoms with Gasteiger partial charge in [-0.1, -0.05) is 72.3 Å². The molecule has 1 nitrogen and oxygen atoms in total. The summed E-state index contributed by atoms with van der Waals surface area (Å²) in [5.41, 5.74) is 6.46. The fraction of sp³-hybridized carbons (Fsp3) is 0.0714. The van der Waals surface area contributed by atoms with E-state index in [0.717, 1.165) is 0 Å². The van der Waals surface area contributed by atoms with Gasteiger partial charge in [-0.05, 0) is 47.7 Å². The van der Waals surface area contributed by atoms with Gasteiger partial charge in [0.1, 0.15) is 0 Å². The van der Waals surface area contributed by atoms with Crippen LogP contribution < -0.4 is 0 Å². The van der Waals surface area contributed by atoms with E-state index < -0.39 is 0 Å². The molecule has 0 atom stereocenters. The summed E-state index contributed by atoms with van der Waals surface area (Å²) in [6.45, 7) is 2.13. The number of para-hydroxylation sites is 1. The Bertz CT molecular complexity index is 1550. The minimum atomic E-state index is 1.28. The third-order valence-corrected chi connectivity index (χ3v) is 7.29. The van der Waals surface area contributed by atoms with Crippen molar-refractivity contribution in [3.05, 3.63) is 96.6 Å². The molecule has 2 heteroatoms. The van der Waals surface area contributed by atoms with Crippen LogP contribution in [0.3, 0.4) is 0 Å². The molecular weight excluding hydrogens is 382 g/mol. The maximum absolute atomic E-state index is 2.33. The van der Waals surface area contributed by atoms with E-state index in [4.69, 9.17) is 0 Å². The molecule has 0 aliphatic rings. The van der Waals surface area contributed by atoms with Crippen LogP contribution in [-0.4, -0.2) is 4.57 Å². The van der Waals surface area contributed by atoms with Crippen molar-refractivity contribution < 1.29 is 0 Å². The van der Waals surface area contributed by atoms with Crippen LogP contribution in [0.1, 0.15) is 5.56 Å². The molecule has 30 heavy (non-hydrogen) atoms. The molecule has 2 heterocycles. The molecule has 0 saturated heterocycles. The van der Waals surface area contributed by atoms with E-state index in [1.165, 1.54) is 59.0 Å². The number of aromatic nitrogens is 1. The monoisotopic (exact) mass is 403 g/mol. The topological polar surface area (TPSA) is 4.93 Å². The smallest absolute Gasteiger partial charge is 0.0568 e. The second-order valence-electron chi connectivity index (χ2n) is 8.00. The van der Waals surface area contributed by atoms with Crippen LogP contribution in [0.25, 0.3) is 53.5 Å². The first-order valence-corrected chi connectivity index (χ1v) is 11.1. The van der Waals surface area contributed by atoms with Gasteiger partial charge in [0, 0.05) is 38.5 Å². The summed E-state index contributed by atoms with van der Waals surface area (Å²) in [7, 11) is 2.17. The largest absolute Gasteiger partial charge is 0.343 e. The number of aryl methyl sites for hydroxylation is 2. The normalized spacial score (nSPS) is 11.7. The van der Waals surface area contributed by atoms with E-state index in [0.29, 0.717) is 0 Å². The summed E-state index contributed by atoms with van der Waals surface area (Å²) in [6, 6.07) is 33.4. The molecule has 0 unspecified atom stereocenters. The van der Waals surface area contributed by atoms with E-state index in [2.05, 4.69) is 110 Å². The second kappa shape index (κ2) is 6.58. The van der Waals surface area contributed by atoms with Gasteiger partial charge >= 0.3 is 0 Å². The van der Waals surface area contributed by atoms with Crippen LogP contribution in [0, 0.1) is 6.92 Å². The molecule has 0 bridgehead atoms. The third-order valence-electron chi connectivity index (χ3n) is 6.11. The van der Waals surface area contributed by atoms with Crippen molar-refractivity contribution in [1.29, 1.82) is 0 Å². The number of benzene rings is 4. The fourth-order valence-corrected chi connectivity index (χ4v) is 5.53. The van der Waals surface area contributed by atoms with Crippen molar-refractivity contribution in [3.8, 4) is 20.9 Å². The lowest BCUT2D eigenvalue weighted by Gasteiger charge is -2.06. The van der Waals surface area contributed by atoms with E-state index in [1.807, 2.05) is 11.3 Å². The lowest BCUT2D eigenvalue weighted by atomic mass is 10.0. The van der Waals surface area contributed by atoms with Gasteiger partial charge in [-0.3, -0.25) is 0 Å². The maximum atomic E-state index is 2.33. The highest BCUT2D eigenvalue weighted by molar-refractivity contribution is 7.18.